The predicted molar refractivity (Wildman–Crippen MR) is 116 cm³/mol. The second-order valence-corrected chi connectivity index (χ2v) is 7.03. The van der Waals surface area contributed by atoms with Crippen molar-refractivity contribution in [3.05, 3.63) is 29.8 Å². The van der Waals surface area contributed by atoms with Crippen LogP contribution < -0.4 is 5.46 Å². The van der Waals surface area contributed by atoms with E-state index in [-0.39, 0.29) is 6.10 Å². The zero-order valence-electron chi connectivity index (χ0n) is 18.1. The SMILES string of the molecule is CCB(CC)c1ccccc1C1COCCOCCOCCOCCOCCO1. The summed E-state index contributed by atoms with van der Waals surface area (Å²) in [7, 11) is 0. The van der Waals surface area contributed by atoms with Gasteiger partial charge < -0.3 is 28.4 Å². The molecule has 1 atom stereocenters. The van der Waals surface area contributed by atoms with E-state index in [1.807, 2.05) is 0 Å². The molecule has 0 aliphatic carbocycles. The molecule has 0 saturated carbocycles. The minimum Gasteiger partial charge on any atom is -0.377 e. The maximum absolute atomic E-state index is 6.20. The third-order valence-corrected chi connectivity index (χ3v) is 5.07. The number of benzene rings is 1. The summed E-state index contributed by atoms with van der Waals surface area (Å²) in [5.74, 6) is 0. The second kappa shape index (κ2) is 15.8. The lowest BCUT2D eigenvalue weighted by Crippen LogP contribution is -2.34. The molecule has 1 aliphatic rings. The van der Waals surface area contributed by atoms with Crippen molar-refractivity contribution in [2.75, 3.05) is 72.7 Å². The summed E-state index contributed by atoms with van der Waals surface area (Å²) in [4.78, 5) is 0. The number of ether oxygens (including phenoxy) is 6. The third kappa shape index (κ3) is 9.60. The van der Waals surface area contributed by atoms with Crippen LogP contribution >= 0.6 is 0 Å². The molecular weight excluding hydrogens is 371 g/mol. The third-order valence-electron chi connectivity index (χ3n) is 5.07. The molecule has 0 amide bonds. The minimum absolute atomic E-state index is 0.117. The highest BCUT2D eigenvalue weighted by molar-refractivity contribution is 6.73. The monoisotopic (exact) mass is 408 g/mol. The van der Waals surface area contributed by atoms with Crippen molar-refractivity contribution >= 4 is 12.2 Å². The van der Waals surface area contributed by atoms with Crippen LogP contribution in [0.15, 0.2) is 24.3 Å². The van der Waals surface area contributed by atoms with E-state index in [1.54, 1.807) is 0 Å². The van der Waals surface area contributed by atoms with Crippen molar-refractivity contribution in [3.63, 3.8) is 0 Å². The summed E-state index contributed by atoms with van der Waals surface area (Å²) in [5.41, 5.74) is 2.57. The maximum Gasteiger partial charge on any atom is 0.175 e. The minimum atomic E-state index is -0.117. The Morgan fingerprint density at radius 1 is 0.690 bits per heavy atom. The molecule has 1 heterocycles. The van der Waals surface area contributed by atoms with Crippen LogP contribution in [0, 0.1) is 0 Å². The van der Waals surface area contributed by atoms with E-state index in [9.17, 15) is 0 Å². The lowest BCUT2D eigenvalue weighted by Gasteiger charge is -2.24. The largest absolute Gasteiger partial charge is 0.377 e. The van der Waals surface area contributed by atoms with Gasteiger partial charge in [0.25, 0.3) is 0 Å². The van der Waals surface area contributed by atoms with E-state index in [2.05, 4.69) is 38.1 Å². The van der Waals surface area contributed by atoms with Crippen LogP contribution in [-0.2, 0) is 28.4 Å². The molecule has 7 heteroatoms. The van der Waals surface area contributed by atoms with Gasteiger partial charge in [0.2, 0.25) is 0 Å². The normalized spacial score (nSPS) is 21.8. The Labute approximate surface area is 176 Å². The van der Waals surface area contributed by atoms with Gasteiger partial charge in [-0.1, -0.05) is 56.2 Å². The van der Waals surface area contributed by atoms with E-state index in [0.29, 0.717) is 79.4 Å². The quantitative estimate of drug-likeness (QED) is 0.714. The molecule has 29 heavy (non-hydrogen) atoms. The fourth-order valence-corrected chi connectivity index (χ4v) is 3.45. The van der Waals surface area contributed by atoms with Gasteiger partial charge in [-0.2, -0.15) is 0 Å². The Balaban J connectivity index is 1.98. The summed E-state index contributed by atoms with van der Waals surface area (Å²) in [6.07, 6.45) is 2.11. The van der Waals surface area contributed by atoms with Crippen LogP contribution in [-0.4, -0.2) is 79.4 Å². The molecule has 0 N–H and O–H groups in total. The van der Waals surface area contributed by atoms with Gasteiger partial charge in [-0.25, -0.2) is 0 Å². The standard InChI is InChI=1S/C22H37BO6/c1-3-23(4-2)21-8-6-5-7-20(21)22-19-28-16-15-26-12-11-24-9-10-25-13-14-27-17-18-29-22/h5-8,22H,3-4,9-19H2,1-2H3. The Bertz CT molecular complexity index is 508. The molecule has 1 unspecified atom stereocenters. The highest BCUT2D eigenvalue weighted by Crippen LogP contribution is 2.18. The Kier molecular flexibility index (Phi) is 13.3. The molecule has 0 aromatic heterocycles. The highest BCUT2D eigenvalue weighted by Gasteiger charge is 2.21. The first-order valence-corrected chi connectivity index (χ1v) is 11.0. The molecule has 0 radical (unpaired) electrons. The first kappa shape index (κ1) is 24.3. The van der Waals surface area contributed by atoms with Gasteiger partial charge in [0.05, 0.1) is 72.7 Å². The fraction of sp³-hybridized carbons (Fsp3) is 0.727. The molecule has 1 aliphatic heterocycles. The summed E-state index contributed by atoms with van der Waals surface area (Å²) in [6, 6.07) is 8.57. The molecule has 1 fully saturated rings. The maximum atomic E-state index is 6.20. The number of hydrogen-bond donors (Lipinski definition) is 0. The fourth-order valence-electron chi connectivity index (χ4n) is 3.45. The van der Waals surface area contributed by atoms with E-state index >= 15 is 0 Å². The van der Waals surface area contributed by atoms with E-state index < -0.39 is 0 Å². The van der Waals surface area contributed by atoms with Crippen LogP contribution in [0.1, 0.15) is 25.5 Å². The lowest BCUT2D eigenvalue weighted by molar-refractivity contribution is -0.0613. The van der Waals surface area contributed by atoms with Gasteiger partial charge in [-0.05, 0) is 5.56 Å². The predicted octanol–water partition coefficient (Wildman–Crippen LogP) is 2.58. The smallest absolute Gasteiger partial charge is 0.175 e. The van der Waals surface area contributed by atoms with E-state index in [4.69, 9.17) is 28.4 Å². The number of hydrogen-bond acceptors (Lipinski definition) is 6. The Morgan fingerprint density at radius 2 is 1.17 bits per heavy atom. The van der Waals surface area contributed by atoms with Crippen LogP contribution in [0.25, 0.3) is 0 Å². The molecule has 1 aromatic carbocycles. The Morgan fingerprint density at radius 3 is 1.72 bits per heavy atom. The second-order valence-electron chi connectivity index (χ2n) is 7.03. The van der Waals surface area contributed by atoms with Gasteiger partial charge in [0.1, 0.15) is 6.10 Å². The molecule has 164 valence electrons. The van der Waals surface area contributed by atoms with Gasteiger partial charge in [0, 0.05) is 0 Å². The van der Waals surface area contributed by atoms with Crippen molar-refractivity contribution in [1.29, 1.82) is 0 Å². The average molecular weight is 408 g/mol. The van der Waals surface area contributed by atoms with Crippen LogP contribution in [0.5, 0.6) is 0 Å². The molecule has 0 bridgehead atoms. The van der Waals surface area contributed by atoms with Gasteiger partial charge in [-0.3, -0.25) is 0 Å². The molecule has 0 spiro atoms. The Hall–Kier alpha value is -0.955. The van der Waals surface area contributed by atoms with Gasteiger partial charge in [0.15, 0.2) is 6.71 Å². The van der Waals surface area contributed by atoms with Crippen LogP contribution in [0.2, 0.25) is 12.6 Å². The van der Waals surface area contributed by atoms with Crippen LogP contribution in [0.4, 0.5) is 0 Å². The number of rotatable bonds is 4. The van der Waals surface area contributed by atoms with E-state index in [1.165, 1.54) is 11.0 Å². The van der Waals surface area contributed by atoms with Gasteiger partial charge >= 0.3 is 0 Å². The molecule has 1 aromatic rings. The molecule has 2 rings (SSSR count). The van der Waals surface area contributed by atoms with Crippen LogP contribution in [0.3, 0.4) is 0 Å². The van der Waals surface area contributed by atoms with Gasteiger partial charge in [-0.15, -0.1) is 0 Å². The van der Waals surface area contributed by atoms with Crippen molar-refractivity contribution in [2.45, 2.75) is 32.6 Å². The molecule has 1 saturated heterocycles. The van der Waals surface area contributed by atoms with Crippen molar-refractivity contribution < 1.29 is 28.4 Å². The summed E-state index contributed by atoms with van der Waals surface area (Å²) in [6.45, 7) is 11.0. The molecular formula is C22H37BO6. The summed E-state index contributed by atoms with van der Waals surface area (Å²) < 4.78 is 34.2. The molecule has 6 nitrogen and oxygen atoms in total. The first-order chi connectivity index (χ1) is 14.4. The zero-order chi connectivity index (χ0) is 20.6. The van der Waals surface area contributed by atoms with Crippen molar-refractivity contribution in [1.82, 2.24) is 0 Å². The summed E-state index contributed by atoms with van der Waals surface area (Å²) >= 11 is 0. The van der Waals surface area contributed by atoms with Crippen molar-refractivity contribution in [3.8, 4) is 0 Å². The zero-order valence-corrected chi connectivity index (χ0v) is 18.1. The van der Waals surface area contributed by atoms with E-state index in [0.717, 1.165) is 12.6 Å². The first-order valence-electron chi connectivity index (χ1n) is 11.0. The lowest BCUT2D eigenvalue weighted by atomic mass is 9.40. The topological polar surface area (TPSA) is 55.4 Å². The highest BCUT2D eigenvalue weighted by atomic mass is 16.6. The summed E-state index contributed by atoms with van der Waals surface area (Å²) in [5, 5.41) is 0. The average Bonchev–Trinajstić information content (AvgIpc) is 2.75. The van der Waals surface area contributed by atoms with Crippen molar-refractivity contribution in [2.24, 2.45) is 0 Å².